The molecule has 0 aliphatic carbocycles. The van der Waals surface area contributed by atoms with Crippen molar-refractivity contribution < 1.29 is 9.53 Å². The van der Waals surface area contributed by atoms with E-state index in [1.165, 1.54) is 0 Å². The van der Waals surface area contributed by atoms with Gasteiger partial charge in [-0.25, -0.2) is 14.8 Å². The standard InChI is InChI=1S/C23H20ClN3O2/c1-14(2)29-23(28)26-18-8-9-20(24)19(12-18)21-11-16-10-17(13-25-22(16)27-21)15-6-4-3-5-7-15/h3-10,12-14H,11H2,1-2H3,(H,26,28). The van der Waals surface area contributed by atoms with E-state index in [0.29, 0.717) is 22.9 Å². The third-order valence-electron chi connectivity index (χ3n) is 4.52. The van der Waals surface area contributed by atoms with Crippen molar-refractivity contribution in [1.82, 2.24) is 4.98 Å². The summed E-state index contributed by atoms with van der Waals surface area (Å²) in [6.07, 6.45) is 1.77. The summed E-state index contributed by atoms with van der Waals surface area (Å²) < 4.78 is 5.13. The van der Waals surface area contributed by atoms with Crippen LogP contribution in [0.25, 0.3) is 11.1 Å². The maximum absolute atomic E-state index is 11.9. The molecule has 0 saturated carbocycles. The van der Waals surface area contributed by atoms with Gasteiger partial charge < -0.3 is 4.74 Å². The summed E-state index contributed by atoms with van der Waals surface area (Å²) in [5, 5.41) is 3.30. The molecule has 5 nitrogen and oxygen atoms in total. The number of pyridine rings is 1. The second-order valence-corrected chi connectivity index (χ2v) is 7.49. The number of benzene rings is 2. The van der Waals surface area contributed by atoms with Crippen molar-refractivity contribution in [2.45, 2.75) is 26.4 Å². The van der Waals surface area contributed by atoms with Gasteiger partial charge in [0.2, 0.25) is 0 Å². The van der Waals surface area contributed by atoms with Crippen molar-refractivity contribution in [3.63, 3.8) is 0 Å². The molecule has 0 radical (unpaired) electrons. The number of aromatic nitrogens is 1. The Hall–Kier alpha value is -3.18. The Kier molecular flexibility index (Phi) is 5.32. The Morgan fingerprint density at radius 1 is 1.10 bits per heavy atom. The Morgan fingerprint density at radius 2 is 1.90 bits per heavy atom. The lowest BCUT2D eigenvalue weighted by atomic mass is 10.0. The van der Waals surface area contributed by atoms with Crippen LogP contribution >= 0.6 is 11.6 Å². The molecule has 0 atom stereocenters. The van der Waals surface area contributed by atoms with Gasteiger partial charge in [-0.2, -0.15) is 0 Å². The Labute approximate surface area is 174 Å². The van der Waals surface area contributed by atoms with Crippen molar-refractivity contribution in [2.24, 2.45) is 4.99 Å². The number of ether oxygens (including phenoxy) is 1. The number of nitrogens with one attached hydrogen (secondary N) is 1. The minimum absolute atomic E-state index is 0.194. The number of rotatable bonds is 4. The quantitative estimate of drug-likeness (QED) is 0.575. The Morgan fingerprint density at radius 3 is 2.66 bits per heavy atom. The minimum atomic E-state index is -0.501. The molecule has 6 heteroatoms. The number of anilines is 1. The highest BCUT2D eigenvalue weighted by Gasteiger charge is 2.20. The first-order valence-corrected chi connectivity index (χ1v) is 9.77. The van der Waals surface area contributed by atoms with Crippen LogP contribution < -0.4 is 5.32 Å². The Bertz CT molecular complexity index is 1090. The highest BCUT2D eigenvalue weighted by molar-refractivity contribution is 6.34. The van der Waals surface area contributed by atoms with E-state index in [0.717, 1.165) is 28.0 Å². The average Bonchev–Trinajstić information content (AvgIpc) is 3.12. The molecular formula is C23H20ClN3O2. The summed E-state index contributed by atoms with van der Waals surface area (Å²) in [5.41, 5.74) is 5.42. The zero-order valence-corrected chi connectivity index (χ0v) is 16.9. The molecule has 1 aromatic heterocycles. The molecule has 2 heterocycles. The van der Waals surface area contributed by atoms with Crippen molar-refractivity contribution >= 4 is 34.9 Å². The summed E-state index contributed by atoms with van der Waals surface area (Å²) in [6.45, 7) is 3.60. The summed E-state index contributed by atoms with van der Waals surface area (Å²) in [7, 11) is 0. The van der Waals surface area contributed by atoms with Crippen LogP contribution in [0.3, 0.4) is 0 Å². The largest absolute Gasteiger partial charge is 0.447 e. The van der Waals surface area contributed by atoms with E-state index < -0.39 is 6.09 Å². The zero-order valence-electron chi connectivity index (χ0n) is 16.1. The molecule has 1 amide bonds. The number of amides is 1. The zero-order chi connectivity index (χ0) is 20.4. The summed E-state index contributed by atoms with van der Waals surface area (Å²) >= 11 is 6.42. The van der Waals surface area contributed by atoms with E-state index in [4.69, 9.17) is 16.3 Å². The van der Waals surface area contributed by atoms with E-state index in [9.17, 15) is 4.79 Å². The van der Waals surface area contributed by atoms with Crippen LogP contribution in [0.1, 0.15) is 25.0 Å². The molecule has 0 unspecified atom stereocenters. The second-order valence-electron chi connectivity index (χ2n) is 7.08. The lowest BCUT2D eigenvalue weighted by molar-refractivity contribution is 0.130. The lowest BCUT2D eigenvalue weighted by Crippen LogP contribution is -2.18. The number of carbonyl (C=O) groups is 1. The fourth-order valence-corrected chi connectivity index (χ4v) is 3.44. The molecule has 3 aromatic rings. The first kappa shape index (κ1) is 19.2. The molecule has 0 saturated heterocycles. The second kappa shape index (κ2) is 8.05. The number of hydrogen-bond acceptors (Lipinski definition) is 4. The first-order chi connectivity index (χ1) is 14.0. The first-order valence-electron chi connectivity index (χ1n) is 9.39. The topological polar surface area (TPSA) is 63.6 Å². The molecule has 2 aromatic carbocycles. The molecule has 146 valence electrons. The van der Waals surface area contributed by atoms with Crippen LogP contribution in [-0.2, 0) is 11.2 Å². The van der Waals surface area contributed by atoms with Crippen LogP contribution in [0.15, 0.2) is 65.8 Å². The van der Waals surface area contributed by atoms with Crippen LogP contribution in [0.4, 0.5) is 16.3 Å². The van der Waals surface area contributed by atoms with E-state index >= 15 is 0 Å². The number of carbonyl (C=O) groups excluding carboxylic acids is 1. The number of fused-ring (bicyclic) bond motifs is 1. The summed E-state index contributed by atoms with van der Waals surface area (Å²) in [6, 6.07) is 17.5. The van der Waals surface area contributed by atoms with Crippen LogP contribution in [0.5, 0.6) is 0 Å². The van der Waals surface area contributed by atoms with Gasteiger partial charge in [0, 0.05) is 40.0 Å². The Balaban J connectivity index is 1.57. The molecule has 1 aliphatic heterocycles. The molecular weight excluding hydrogens is 386 g/mol. The highest BCUT2D eigenvalue weighted by atomic mass is 35.5. The van der Waals surface area contributed by atoms with Crippen LogP contribution in [0, 0.1) is 0 Å². The van der Waals surface area contributed by atoms with Crippen molar-refractivity contribution in [3.8, 4) is 11.1 Å². The number of aliphatic imine (C=N–C) groups is 1. The molecule has 0 spiro atoms. The predicted molar refractivity (Wildman–Crippen MR) is 116 cm³/mol. The van der Waals surface area contributed by atoms with Crippen LogP contribution in [0.2, 0.25) is 5.02 Å². The third-order valence-corrected chi connectivity index (χ3v) is 4.84. The van der Waals surface area contributed by atoms with Crippen molar-refractivity contribution in [3.05, 3.63) is 76.9 Å². The van der Waals surface area contributed by atoms with Gasteiger partial charge in [-0.3, -0.25) is 5.32 Å². The molecule has 1 N–H and O–H groups in total. The third kappa shape index (κ3) is 4.30. The van der Waals surface area contributed by atoms with Gasteiger partial charge >= 0.3 is 6.09 Å². The predicted octanol–water partition coefficient (Wildman–Crippen LogP) is 6.04. The fourth-order valence-electron chi connectivity index (χ4n) is 3.21. The maximum Gasteiger partial charge on any atom is 0.411 e. The average molecular weight is 406 g/mol. The van der Waals surface area contributed by atoms with Gasteiger partial charge in [0.15, 0.2) is 5.82 Å². The molecule has 29 heavy (non-hydrogen) atoms. The number of hydrogen-bond donors (Lipinski definition) is 1. The van der Waals surface area contributed by atoms with Gasteiger partial charge in [0.25, 0.3) is 0 Å². The van der Waals surface area contributed by atoms with Crippen molar-refractivity contribution in [1.29, 1.82) is 0 Å². The van der Waals surface area contributed by atoms with Gasteiger partial charge in [-0.05, 0) is 43.7 Å². The normalized spacial score (nSPS) is 12.5. The minimum Gasteiger partial charge on any atom is -0.447 e. The molecule has 0 bridgehead atoms. The van der Waals surface area contributed by atoms with E-state index in [1.807, 2.05) is 30.5 Å². The van der Waals surface area contributed by atoms with E-state index in [1.54, 1.807) is 26.0 Å². The van der Waals surface area contributed by atoms with Crippen LogP contribution in [-0.4, -0.2) is 22.9 Å². The lowest BCUT2D eigenvalue weighted by Gasteiger charge is -2.11. The molecule has 1 aliphatic rings. The highest BCUT2D eigenvalue weighted by Crippen LogP contribution is 2.33. The van der Waals surface area contributed by atoms with E-state index in [-0.39, 0.29) is 6.10 Å². The molecule has 4 rings (SSSR count). The van der Waals surface area contributed by atoms with Gasteiger partial charge in [0.05, 0.1) is 11.8 Å². The maximum atomic E-state index is 11.9. The smallest absolute Gasteiger partial charge is 0.411 e. The van der Waals surface area contributed by atoms with Gasteiger partial charge in [-0.15, -0.1) is 0 Å². The fraction of sp³-hybridized carbons (Fsp3) is 0.174. The van der Waals surface area contributed by atoms with E-state index in [2.05, 4.69) is 33.5 Å². The molecule has 0 fully saturated rings. The summed E-state index contributed by atoms with van der Waals surface area (Å²) in [4.78, 5) is 21.1. The monoisotopic (exact) mass is 405 g/mol. The number of halogens is 1. The van der Waals surface area contributed by atoms with Gasteiger partial charge in [0.1, 0.15) is 0 Å². The SMILES string of the molecule is CC(C)OC(=O)Nc1ccc(Cl)c(C2=Nc3ncc(-c4ccccc4)cc3C2)c1. The van der Waals surface area contributed by atoms with Crippen molar-refractivity contribution in [2.75, 3.05) is 5.32 Å². The summed E-state index contributed by atoms with van der Waals surface area (Å²) in [5.74, 6) is 0.702. The van der Waals surface area contributed by atoms with Gasteiger partial charge in [-0.1, -0.05) is 41.9 Å². The number of nitrogens with zero attached hydrogens (tertiary/aromatic N) is 2.